The molecule has 0 saturated carbocycles. The van der Waals surface area contributed by atoms with Gasteiger partial charge in [-0.25, -0.2) is 0 Å². The molecule has 6 nitrogen and oxygen atoms in total. The minimum absolute atomic E-state index is 0.0417. The standard InChI is InChI=1S/C22H24ClN3O3/c1-3-15(2)20(24-19(27)14-28-13-16-7-5-4-6-8-16)22-25-21(26-29-22)17-9-11-18(23)12-10-17/h4-12,15,20H,3,13-14H2,1-2H3,(H,24,27)/t15-,20-/m1/s1. The summed E-state index contributed by atoms with van der Waals surface area (Å²) in [6.45, 7) is 4.41. The summed E-state index contributed by atoms with van der Waals surface area (Å²) in [5.74, 6) is 0.726. The molecule has 3 rings (SSSR count). The Balaban J connectivity index is 1.63. The number of ether oxygens (including phenoxy) is 1. The van der Waals surface area contributed by atoms with E-state index in [-0.39, 0.29) is 24.5 Å². The van der Waals surface area contributed by atoms with Crippen LogP contribution < -0.4 is 5.32 Å². The van der Waals surface area contributed by atoms with E-state index in [1.165, 1.54) is 0 Å². The van der Waals surface area contributed by atoms with Crippen LogP contribution in [0.25, 0.3) is 11.4 Å². The predicted octanol–water partition coefficient (Wildman–Crippen LogP) is 4.81. The van der Waals surface area contributed by atoms with Crippen LogP contribution in [0.15, 0.2) is 59.1 Å². The molecular formula is C22H24ClN3O3. The van der Waals surface area contributed by atoms with E-state index >= 15 is 0 Å². The molecular weight excluding hydrogens is 390 g/mol. The van der Waals surface area contributed by atoms with Gasteiger partial charge in [-0.2, -0.15) is 4.98 Å². The monoisotopic (exact) mass is 413 g/mol. The van der Waals surface area contributed by atoms with Crippen molar-refractivity contribution >= 4 is 17.5 Å². The lowest BCUT2D eigenvalue weighted by Crippen LogP contribution is -2.35. The van der Waals surface area contributed by atoms with Gasteiger partial charge in [-0.05, 0) is 35.7 Å². The number of hydrogen-bond donors (Lipinski definition) is 1. The summed E-state index contributed by atoms with van der Waals surface area (Å²) >= 11 is 5.93. The van der Waals surface area contributed by atoms with E-state index in [9.17, 15) is 4.79 Å². The fourth-order valence-electron chi connectivity index (χ4n) is 2.81. The number of aromatic nitrogens is 2. The average Bonchev–Trinajstić information content (AvgIpc) is 3.22. The van der Waals surface area contributed by atoms with E-state index < -0.39 is 0 Å². The van der Waals surface area contributed by atoms with Crippen LogP contribution in [-0.2, 0) is 16.1 Å². The Morgan fingerprint density at radius 2 is 1.90 bits per heavy atom. The topological polar surface area (TPSA) is 77.2 Å². The molecule has 0 spiro atoms. The number of carbonyl (C=O) groups is 1. The number of nitrogens with zero attached hydrogens (tertiary/aromatic N) is 2. The first-order valence-electron chi connectivity index (χ1n) is 9.57. The SMILES string of the molecule is CC[C@@H](C)[C@@H](NC(=O)COCc1ccccc1)c1nc(-c2ccc(Cl)cc2)no1. The predicted molar refractivity (Wildman–Crippen MR) is 111 cm³/mol. The molecule has 29 heavy (non-hydrogen) atoms. The summed E-state index contributed by atoms with van der Waals surface area (Å²) in [4.78, 5) is 16.9. The van der Waals surface area contributed by atoms with E-state index in [0.29, 0.717) is 23.3 Å². The number of nitrogens with one attached hydrogen (secondary N) is 1. The van der Waals surface area contributed by atoms with E-state index in [0.717, 1.165) is 17.5 Å². The smallest absolute Gasteiger partial charge is 0.249 e. The lowest BCUT2D eigenvalue weighted by atomic mass is 9.99. The van der Waals surface area contributed by atoms with Crippen molar-refractivity contribution in [3.63, 3.8) is 0 Å². The normalized spacial score (nSPS) is 13.1. The van der Waals surface area contributed by atoms with Gasteiger partial charge in [-0.3, -0.25) is 4.79 Å². The Morgan fingerprint density at radius 1 is 1.17 bits per heavy atom. The maximum Gasteiger partial charge on any atom is 0.249 e. The van der Waals surface area contributed by atoms with Crippen molar-refractivity contribution in [2.75, 3.05) is 6.61 Å². The molecule has 0 unspecified atom stereocenters. The van der Waals surface area contributed by atoms with Crippen LogP contribution in [0.5, 0.6) is 0 Å². The number of hydrogen-bond acceptors (Lipinski definition) is 5. The highest BCUT2D eigenvalue weighted by molar-refractivity contribution is 6.30. The number of carbonyl (C=O) groups excluding carboxylic acids is 1. The molecule has 0 saturated heterocycles. The Kier molecular flexibility index (Phi) is 7.38. The number of halogens is 1. The molecule has 0 aliphatic carbocycles. The summed E-state index contributed by atoms with van der Waals surface area (Å²) < 4.78 is 11.0. The Bertz CT molecular complexity index is 913. The minimum Gasteiger partial charge on any atom is -0.367 e. The number of rotatable bonds is 9. The minimum atomic E-state index is -0.388. The van der Waals surface area contributed by atoms with E-state index in [1.54, 1.807) is 12.1 Å². The van der Waals surface area contributed by atoms with Crippen molar-refractivity contribution in [1.82, 2.24) is 15.5 Å². The molecule has 1 aromatic heterocycles. The Hall–Kier alpha value is -2.70. The summed E-state index contributed by atoms with van der Waals surface area (Å²) in [7, 11) is 0. The van der Waals surface area contributed by atoms with Crippen molar-refractivity contribution in [1.29, 1.82) is 0 Å². The van der Waals surface area contributed by atoms with Gasteiger partial charge >= 0.3 is 0 Å². The molecule has 0 aliphatic heterocycles. The molecule has 2 atom stereocenters. The third-order valence-electron chi connectivity index (χ3n) is 4.68. The zero-order valence-electron chi connectivity index (χ0n) is 16.5. The molecule has 0 fully saturated rings. The molecule has 1 amide bonds. The highest BCUT2D eigenvalue weighted by Gasteiger charge is 2.26. The van der Waals surface area contributed by atoms with Gasteiger partial charge in [0.25, 0.3) is 0 Å². The largest absolute Gasteiger partial charge is 0.367 e. The molecule has 1 heterocycles. The zero-order valence-corrected chi connectivity index (χ0v) is 17.2. The lowest BCUT2D eigenvalue weighted by Gasteiger charge is -2.20. The number of benzene rings is 2. The van der Waals surface area contributed by atoms with Crippen LogP contribution in [0.4, 0.5) is 0 Å². The second-order valence-electron chi connectivity index (χ2n) is 6.87. The van der Waals surface area contributed by atoms with Gasteiger partial charge in [0.15, 0.2) is 0 Å². The first kappa shape index (κ1) is 21.0. The van der Waals surface area contributed by atoms with E-state index in [1.807, 2.05) is 56.3 Å². The fraction of sp³-hybridized carbons (Fsp3) is 0.318. The first-order chi connectivity index (χ1) is 14.1. The zero-order chi connectivity index (χ0) is 20.6. The van der Waals surface area contributed by atoms with Gasteiger partial charge in [-0.1, -0.05) is 67.4 Å². The third kappa shape index (κ3) is 5.89. The molecule has 2 aromatic carbocycles. The maximum absolute atomic E-state index is 12.4. The molecule has 1 N–H and O–H groups in total. The molecule has 0 radical (unpaired) electrons. The lowest BCUT2D eigenvalue weighted by molar-refractivity contribution is -0.127. The first-order valence-corrected chi connectivity index (χ1v) is 9.95. The van der Waals surface area contributed by atoms with Gasteiger partial charge in [0.2, 0.25) is 17.6 Å². The molecule has 7 heteroatoms. The summed E-state index contributed by atoms with van der Waals surface area (Å²) in [5, 5.41) is 7.65. The van der Waals surface area contributed by atoms with Crippen molar-refractivity contribution in [3.05, 3.63) is 71.1 Å². The van der Waals surface area contributed by atoms with Crippen molar-refractivity contribution in [2.45, 2.75) is 32.9 Å². The maximum atomic E-state index is 12.4. The third-order valence-corrected chi connectivity index (χ3v) is 4.94. The summed E-state index contributed by atoms with van der Waals surface area (Å²) in [5.41, 5.74) is 1.81. The van der Waals surface area contributed by atoms with Crippen LogP contribution >= 0.6 is 11.6 Å². The molecule has 0 bridgehead atoms. The van der Waals surface area contributed by atoms with E-state index in [2.05, 4.69) is 15.5 Å². The second-order valence-corrected chi connectivity index (χ2v) is 7.31. The quantitative estimate of drug-likeness (QED) is 0.544. The summed E-state index contributed by atoms with van der Waals surface area (Å²) in [6, 6.07) is 16.5. The summed E-state index contributed by atoms with van der Waals surface area (Å²) in [6.07, 6.45) is 0.842. The van der Waals surface area contributed by atoms with E-state index in [4.69, 9.17) is 20.9 Å². The Morgan fingerprint density at radius 3 is 2.59 bits per heavy atom. The Labute approximate surface area is 175 Å². The fourth-order valence-corrected chi connectivity index (χ4v) is 2.94. The highest BCUT2D eigenvalue weighted by atomic mass is 35.5. The highest BCUT2D eigenvalue weighted by Crippen LogP contribution is 2.26. The van der Waals surface area contributed by atoms with Crippen LogP contribution in [0, 0.1) is 5.92 Å². The van der Waals surface area contributed by atoms with Crippen molar-refractivity contribution in [3.8, 4) is 11.4 Å². The van der Waals surface area contributed by atoms with Gasteiger partial charge in [0, 0.05) is 10.6 Å². The van der Waals surface area contributed by atoms with Gasteiger partial charge in [-0.15, -0.1) is 0 Å². The van der Waals surface area contributed by atoms with Crippen molar-refractivity contribution in [2.24, 2.45) is 5.92 Å². The van der Waals surface area contributed by atoms with Gasteiger partial charge in [0.1, 0.15) is 12.6 Å². The van der Waals surface area contributed by atoms with Crippen LogP contribution in [-0.4, -0.2) is 22.7 Å². The average molecular weight is 414 g/mol. The second kappa shape index (κ2) is 10.2. The van der Waals surface area contributed by atoms with Crippen LogP contribution in [0.3, 0.4) is 0 Å². The van der Waals surface area contributed by atoms with Crippen LogP contribution in [0.1, 0.15) is 37.8 Å². The van der Waals surface area contributed by atoms with Gasteiger partial charge in [0.05, 0.1) is 6.61 Å². The van der Waals surface area contributed by atoms with Crippen LogP contribution in [0.2, 0.25) is 5.02 Å². The van der Waals surface area contributed by atoms with Gasteiger partial charge < -0.3 is 14.6 Å². The molecule has 152 valence electrons. The van der Waals surface area contributed by atoms with Crippen molar-refractivity contribution < 1.29 is 14.1 Å². The number of amides is 1. The molecule has 3 aromatic rings. The molecule has 0 aliphatic rings.